The lowest BCUT2D eigenvalue weighted by atomic mass is 10.2. The van der Waals surface area contributed by atoms with Crippen molar-refractivity contribution in [2.75, 3.05) is 0 Å². The van der Waals surface area contributed by atoms with Crippen LogP contribution >= 0.6 is 0 Å². The highest BCUT2D eigenvalue weighted by molar-refractivity contribution is 7.89. The lowest BCUT2D eigenvalue weighted by Crippen LogP contribution is -2.22. The quantitative estimate of drug-likeness (QED) is 0.763. The van der Waals surface area contributed by atoms with Crippen LogP contribution < -0.4 is 4.72 Å². The van der Waals surface area contributed by atoms with E-state index in [4.69, 9.17) is 4.42 Å². The number of nitrogens with one attached hydrogen (secondary N) is 1. The maximum absolute atomic E-state index is 12.9. The number of furan rings is 1. The van der Waals surface area contributed by atoms with Crippen molar-refractivity contribution in [3.8, 4) is 11.3 Å². The molecular formula is C18H16FNO3S. The number of aryl methyl sites for hydroxylation is 1. The Bertz CT molecular complexity index is 929. The summed E-state index contributed by atoms with van der Waals surface area (Å²) in [4.78, 5) is 0.207. The minimum Gasteiger partial charge on any atom is -0.460 e. The van der Waals surface area contributed by atoms with Gasteiger partial charge in [-0.3, -0.25) is 0 Å². The molecule has 2 aromatic carbocycles. The molecule has 3 aromatic rings. The Morgan fingerprint density at radius 2 is 1.62 bits per heavy atom. The van der Waals surface area contributed by atoms with E-state index in [1.807, 2.05) is 6.92 Å². The van der Waals surface area contributed by atoms with Gasteiger partial charge < -0.3 is 4.42 Å². The number of hydrogen-bond donors (Lipinski definition) is 1. The molecule has 0 atom stereocenters. The number of hydrogen-bond acceptors (Lipinski definition) is 3. The molecule has 4 nitrogen and oxygen atoms in total. The van der Waals surface area contributed by atoms with Gasteiger partial charge >= 0.3 is 0 Å². The molecule has 0 bridgehead atoms. The van der Waals surface area contributed by atoms with Crippen molar-refractivity contribution in [1.29, 1.82) is 0 Å². The van der Waals surface area contributed by atoms with Crippen molar-refractivity contribution in [3.05, 3.63) is 77.8 Å². The Morgan fingerprint density at radius 1 is 0.958 bits per heavy atom. The van der Waals surface area contributed by atoms with E-state index in [1.54, 1.807) is 48.5 Å². The van der Waals surface area contributed by atoms with E-state index in [9.17, 15) is 12.8 Å². The first-order chi connectivity index (χ1) is 11.4. The Labute approximate surface area is 140 Å². The molecule has 0 radical (unpaired) electrons. The molecule has 0 unspecified atom stereocenters. The summed E-state index contributed by atoms with van der Waals surface area (Å²) in [5, 5.41) is 0. The molecule has 0 aliphatic heterocycles. The van der Waals surface area contributed by atoms with E-state index >= 15 is 0 Å². The van der Waals surface area contributed by atoms with Crippen molar-refractivity contribution in [2.45, 2.75) is 18.4 Å². The van der Waals surface area contributed by atoms with Gasteiger partial charge in [-0.2, -0.15) is 0 Å². The van der Waals surface area contributed by atoms with Crippen LogP contribution in [0.1, 0.15) is 11.3 Å². The Kier molecular flexibility index (Phi) is 4.51. The van der Waals surface area contributed by atoms with Crippen molar-refractivity contribution in [2.24, 2.45) is 0 Å². The summed E-state index contributed by atoms with van der Waals surface area (Å²) < 4.78 is 45.5. The molecule has 1 aromatic heterocycles. The molecule has 6 heteroatoms. The average molecular weight is 345 g/mol. The molecule has 0 aliphatic rings. The van der Waals surface area contributed by atoms with Gasteiger partial charge in [-0.1, -0.05) is 17.7 Å². The fraction of sp³-hybridized carbons (Fsp3) is 0.111. The smallest absolute Gasteiger partial charge is 0.240 e. The largest absolute Gasteiger partial charge is 0.460 e. The highest BCUT2D eigenvalue weighted by atomic mass is 32.2. The first kappa shape index (κ1) is 16.4. The Hall–Kier alpha value is -2.44. The van der Waals surface area contributed by atoms with Crippen LogP contribution in [-0.4, -0.2) is 8.42 Å². The molecule has 0 fully saturated rings. The second kappa shape index (κ2) is 6.59. The van der Waals surface area contributed by atoms with Crippen molar-refractivity contribution >= 4 is 10.0 Å². The van der Waals surface area contributed by atoms with Crippen LogP contribution in [0.3, 0.4) is 0 Å². The molecule has 0 saturated heterocycles. The van der Waals surface area contributed by atoms with Crippen molar-refractivity contribution in [3.63, 3.8) is 0 Å². The minimum absolute atomic E-state index is 0.0391. The standard InChI is InChI=1S/C18H16FNO3S/c1-13-2-9-17(10-3-13)24(21,22)20-12-16-8-11-18(23-16)14-4-6-15(19)7-5-14/h2-11,20H,12H2,1H3. The first-order valence-electron chi connectivity index (χ1n) is 7.35. The molecule has 1 heterocycles. The molecule has 0 aliphatic carbocycles. The molecule has 1 N–H and O–H groups in total. The van der Waals surface area contributed by atoms with E-state index < -0.39 is 10.0 Å². The molecule has 0 amide bonds. The number of sulfonamides is 1. The summed E-state index contributed by atoms with van der Waals surface area (Å²) in [6, 6.07) is 15.9. The predicted molar refractivity (Wildman–Crippen MR) is 89.3 cm³/mol. The third-order valence-electron chi connectivity index (χ3n) is 3.56. The fourth-order valence-electron chi connectivity index (χ4n) is 2.21. The third-order valence-corrected chi connectivity index (χ3v) is 4.98. The zero-order valence-corrected chi connectivity index (χ0v) is 13.8. The SMILES string of the molecule is Cc1ccc(S(=O)(=O)NCc2ccc(-c3ccc(F)cc3)o2)cc1. The number of halogens is 1. The van der Waals surface area contributed by atoms with Gasteiger partial charge in [0.2, 0.25) is 10.0 Å². The summed E-state index contributed by atoms with van der Waals surface area (Å²) in [6.07, 6.45) is 0. The normalized spacial score (nSPS) is 11.6. The molecule has 24 heavy (non-hydrogen) atoms. The predicted octanol–water partition coefficient (Wildman–Crippen LogP) is 3.87. The zero-order chi connectivity index (χ0) is 17.2. The van der Waals surface area contributed by atoms with Crippen LogP contribution in [0.5, 0.6) is 0 Å². The van der Waals surface area contributed by atoms with E-state index in [0.717, 1.165) is 11.1 Å². The number of benzene rings is 2. The van der Waals surface area contributed by atoms with Crippen LogP contribution in [0.4, 0.5) is 4.39 Å². The topological polar surface area (TPSA) is 59.3 Å². The van der Waals surface area contributed by atoms with Crippen LogP contribution in [-0.2, 0) is 16.6 Å². The molecule has 0 spiro atoms. The highest BCUT2D eigenvalue weighted by Crippen LogP contribution is 2.22. The van der Waals surface area contributed by atoms with E-state index in [2.05, 4.69) is 4.72 Å². The van der Waals surface area contributed by atoms with Gasteiger partial charge in [0, 0.05) is 5.56 Å². The summed E-state index contributed by atoms with van der Waals surface area (Å²) >= 11 is 0. The van der Waals surface area contributed by atoms with Crippen LogP contribution in [0.25, 0.3) is 11.3 Å². The molecule has 3 rings (SSSR count). The van der Waals surface area contributed by atoms with Gasteiger partial charge in [0.15, 0.2) is 0 Å². The van der Waals surface area contributed by atoms with E-state index in [1.165, 1.54) is 12.1 Å². The monoisotopic (exact) mass is 345 g/mol. The van der Waals surface area contributed by atoms with Gasteiger partial charge in [-0.25, -0.2) is 17.5 Å². The van der Waals surface area contributed by atoms with Gasteiger partial charge in [0.05, 0.1) is 11.4 Å². The van der Waals surface area contributed by atoms with E-state index in [0.29, 0.717) is 11.5 Å². The summed E-state index contributed by atoms with van der Waals surface area (Å²) in [5.74, 6) is 0.709. The summed E-state index contributed by atoms with van der Waals surface area (Å²) in [7, 11) is -3.60. The lowest BCUT2D eigenvalue weighted by molar-refractivity contribution is 0.509. The Balaban J connectivity index is 1.71. The maximum Gasteiger partial charge on any atom is 0.240 e. The maximum atomic E-state index is 12.9. The van der Waals surface area contributed by atoms with Gasteiger partial charge in [0.25, 0.3) is 0 Å². The second-order valence-electron chi connectivity index (χ2n) is 5.41. The molecule has 124 valence electrons. The minimum atomic E-state index is -3.60. The lowest BCUT2D eigenvalue weighted by Gasteiger charge is -2.05. The van der Waals surface area contributed by atoms with Gasteiger partial charge in [0.1, 0.15) is 17.3 Å². The highest BCUT2D eigenvalue weighted by Gasteiger charge is 2.14. The summed E-state index contributed by atoms with van der Waals surface area (Å²) in [5.41, 5.74) is 1.72. The van der Waals surface area contributed by atoms with Crippen molar-refractivity contribution in [1.82, 2.24) is 4.72 Å². The van der Waals surface area contributed by atoms with E-state index in [-0.39, 0.29) is 17.3 Å². The molecule has 0 saturated carbocycles. The number of rotatable bonds is 5. The van der Waals surface area contributed by atoms with Gasteiger partial charge in [-0.05, 0) is 55.5 Å². The average Bonchev–Trinajstić information content (AvgIpc) is 3.03. The van der Waals surface area contributed by atoms with Crippen LogP contribution in [0.15, 0.2) is 70.0 Å². The van der Waals surface area contributed by atoms with Crippen molar-refractivity contribution < 1.29 is 17.2 Å². The third kappa shape index (κ3) is 3.72. The summed E-state index contributed by atoms with van der Waals surface area (Å²) in [6.45, 7) is 1.93. The Morgan fingerprint density at radius 3 is 2.29 bits per heavy atom. The van der Waals surface area contributed by atoms with Crippen LogP contribution in [0, 0.1) is 12.7 Å². The van der Waals surface area contributed by atoms with Crippen LogP contribution in [0.2, 0.25) is 0 Å². The second-order valence-corrected chi connectivity index (χ2v) is 7.18. The molecular weight excluding hydrogens is 329 g/mol. The zero-order valence-electron chi connectivity index (χ0n) is 13.0. The first-order valence-corrected chi connectivity index (χ1v) is 8.83. The van der Waals surface area contributed by atoms with Gasteiger partial charge in [-0.15, -0.1) is 0 Å². The fourth-order valence-corrected chi connectivity index (χ4v) is 3.20.